The number of pyridine rings is 2. The Bertz CT molecular complexity index is 1070. The zero-order valence-electron chi connectivity index (χ0n) is 22.4. The lowest BCUT2D eigenvalue weighted by Gasteiger charge is -2.37. The van der Waals surface area contributed by atoms with Crippen LogP contribution in [0.1, 0.15) is 73.2 Å². The smallest absolute Gasteiger partial charge is 0.259 e. The molecule has 0 aromatic carbocycles. The van der Waals surface area contributed by atoms with Gasteiger partial charge in [0.15, 0.2) is 0 Å². The third kappa shape index (κ3) is 7.50. The second-order valence-corrected chi connectivity index (χ2v) is 10.8. The summed E-state index contributed by atoms with van der Waals surface area (Å²) in [7, 11) is 2.08. The lowest BCUT2D eigenvalue weighted by atomic mass is 10.0. The van der Waals surface area contributed by atoms with Gasteiger partial charge in [0.05, 0.1) is 0 Å². The molecule has 1 saturated heterocycles. The molecule has 2 aromatic heterocycles. The van der Waals surface area contributed by atoms with Gasteiger partial charge in [-0.1, -0.05) is 27.7 Å². The number of nitrogens with zero attached hydrogens (tertiary/aromatic N) is 4. The van der Waals surface area contributed by atoms with Gasteiger partial charge in [-0.2, -0.15) is 0 Å². The van der Waals surface area contributed by atoms with Gasteiger partial charge in [-0.15, -0.1) is 0 Å². The molecular formula is C28H41N5O3. The van der Waals surface area contributed by atoms with Crippen LogP contribution in [0, 0.1) is 11.8 Å². The third-order valence-corrected chi connectivity index (χ3v) is 6.63. The molecule has 3 heterocycles. The molecule has 196 valence electrons. The summed E-state index contributed by atoms with van der Waals surface area (Å²) in [6.07, 6.45) is 9.14. The van der Waals surface area contributed by atoms with Gasteiger partial charge in [0.25, 0.3) is 11.8 Å². The zero-order chi connectivity index (χ0) is 26.2. The van der Waals surface area contributed by atoms with E-state index in [2.05, 4.69) is 49.9 Å². The maximum Gasteiger partial charge on any atom is 0.259 e. The van der Waals surface area contributed by atoms with Crippen LogP contribution < -0.4 is 10.7 Å². The number of nitrogens with one attached hydrogen (secondary N) is 1. The Balaban J connectivity index is 1.98. The van der Waals surface area contributed by atoms with Crippen molar-refractivity contribution in [3.63, 3.8) is 0 Å². The molecule has 0 bridgehead atoms. The molecule has 2 aromatic rings. The molecule has 2 amide bonds. The molecule has 0 unspecified atom stereocenters. The highest BCUT2D eigenvalue weighted by Crippen LogP contribution is 2.21. The average Bonchev–Trinajstić information content (AvgIpc) is 2.83. The monoisotopic (exact) mass is 495 g/mol. The van der Waals surface area contributed by atoms with Crippen LogP contribution in [0.4, 0.5) is 0 Å². The second-order valence-electron chi connectivity index (χ2n) is 10.8. The minimum Gasteiger partial charge on any atom is -0.352 e. The summed E-state index contributed by atoms with van der Waals surface area (Å²) in [5.74, 6) is -0.0188. The lowest BCUT2D eigenvalue weighted by Crippen LogP contribution is -2.47. The fraction of sp³-hybridized carbons (Fsp3) is 0.571. The first-order valence-electron chi connectivity index (χ1n) is 13.1. The number of aromatic nitrogens is 2. The molecule has 1 aliphatic rings. The number of carbonyl (C=O) groups excluding carboxylic acids is 2. The van der Waals surface area contributed by atoms with Crippen molar-refractivity contribution >= 4 is 11.8 Å². The van der Waals surface area contributed by atoms with E-state index in [0.717, 1.165) is 37.9 Å². The van der Waals surface area contributed by atoms with Gasteiger partial charge in [0.1, 0.15) is 11.1 Å². The largest absolute Gasteiger partial charge is 0.352 e. The summed E-state index contributed by atoms with van der Waals surface area (Å²) in [4.78, 5) is 48.7. The van der Waals surface area contributed by atoms with Gasteiger partial charge < -0.3 is 19.7 Å². The minimum absolute atomic E-state index is 0.0170. The predicted molar refractivity (Wildman–Crippen MR) is 142 cm³/mol. The fourth-order valence-electron chi connectivity index (χ4n) is 4.55. The molecule has 1 aliphatic heterocycles. The maximum absolute atomic E-state index is 14.0. The number of piperidine rings is 1. The third-order valence-electron chi connectivity index (χ3n) is 6.63. The molecule has 0 aliphatic carbocycles. The van der Waals surface area contributed by atoms with E-state index in [9.17, 15) is 14.4 Å². The zero-order valence-corrected chi connectivity index (χ0v) is 22.4. The van der Waals surface area contributed by atoms with Gasteiger partial charge in [-0.25, -0.2) is 0 Å². The first-order valence-corrected chi connectivity index (χ1v) is 13.1. The van der Waals surface area contributed by atoms with Gasteiger partial charge in [-0.3, -0.25) is 19.4 Å². The van der Waals surface area contributed by atoms with E-state index in [1.807, 2.05) is 21.6 Å². The van der Waals surface area contributed by atoms with Gasteiger partial charge in [0.2, 0.25) is 5.43 Å². The van der Waals surface area contributed by atoms with Crippen molar-refractivity contribution in [2.75, 3.05) is 26.7 Å². The molecule has 1 fully saturated rings. The Hall–Kier alpha value is -3.00. The molecule has 36 heavy (non-hydrogen) atoms. The van der Waals surface area contributed by atoms with Crippen LogP contribution in [-0.2, 0) is 13.1 Å². The number of rotatable bonds is 10. The topological polar surface area (TPSA) is 87.5 Å². The van der Waals surface area contributed by atoms with Crippen LogP contribution in [0.3, 0.4) is 0 Å². The second kappa shape index (κ2) is 12.8. The Morgan fingerprint density at radius 1 is 1.06 bits per heavy atom. The van der Waals surface area contributed by atoms with Crippen molar-refractivity contribution in [2.24, 2.45) is 11.8 Å². The van der Waals surface area contributed by atoms with Crippen LogP contribution in [0.5, 0.6) is 0 Å². The summed E-state index contributed by atoms with van der Waals surface area (Å²) in [6, 6.07) is 3.80. The Kier molecular flexibility index (Phi) is 9.81. The first-order chi connectivity index (χ1) is 17.2. The SMILES string of the molecule is CC(C)CCNC(=O)c1cn(CC(C)C)cc(C(=O)N(Cc2ccncc2)C2CCN(C)CC2)c1=O. The highest BCUT2D eigenvalue weighted by Gasteiger charge is 2.30. The molecule has 0 saturated carbocycles. The fourth-order valence-corrected chi connectivity index (χ4v) is 4.55. The van der Waals surface area contributed by atoms with E-state index in [1.165, 1.54) is 0 Å². The maximum atomic E-state index is 14.0. The quantitative estimate of drug-likeness (QED) is 0.546. The van der Waals surface area contributed by atoms with E-state index in [-0.39, 0.29) is 29.0 Å². The van der Waals surface area contributed by atoms with Crippen molar-refractivity contribution < 1.29 is 9.59 Å². The molecule has 8 nitrogen and oxygen atoms in total. The highest BCUT2D eigenvalue weighted by atomic mass is 16.2. The highest BCUT2D eigenvalue weighted by molar-refractivity contribution is 5.99. The molecule has 8 heteroatoms. The summed E-state index contributed by atoms with van der Waals surface area (Å²) in [5, 5.41) is 2.87. The minimum atomic E-state index is -0.505. The first kappa shape index (κ1) is 27.6. The van der Waals surface area contributed by atoms with Crippen LogP contribution in [0.15, 0.2) is 41.7 Å². The van der Waals surface area contributed by atoms with Crippen LogP contribution in [-0.4, -0.2) is 63.9 Å². The van der Waals surface area contributed by atoms with Crippen LogP contribution in [0.2, 0.25) is 0 Å². The molecule has 0 radical (unpaired) electrons. The van der Waals surface area contributed by atoms with E-state index in [0.29, 0.717) is 25.6 Å². The van der Waals surface area contributed by atoms with Crippen LogP contribution >= 0.6 is 0 Å². The average molecular weight is 496 g/mol. The molecule has 1 N–H and O–H groups in total. The summed E-state index contributed by atoms with van der Waals surface area (Å²) in [6.45, 7) is 11.6. The number of hydrogen-bond donors (Lipinski definition) is 1. The summed E-state index contributed by atoms with van der Waals surface area (Å²) < 4.78 is 1.82. The normalized spacial score (nSPS) is 14.9. The van der Waals surface area contributed by atoms with E-state index >= 15 is 0 Å². The van der Waals surface area contributed by atoms with E-state index < -0.39 is 11.3 Å². The van der Waals surface area contributed by atoms with Crippen LogP contribution in [0.25, 0.3) is 0 Å². The molecule has 0 spiro atoms. The van der Waals surface area contributed by atoms with E-state index in [1.54, 1.807) is 24.8 Å². The van der Waals surface area contributed by atoms with Gasteiger partial charge in [0, 0.05) is 50.5 Å². The Morgan fingerprint density at radius 3 is 2.31 bits per heavy atom. The van der Waals surface area contributed by atoms with Crippen molar-refractivity contribution in [1.29, 1.82) is 0 Å². The number of likely N-dealkylation sites (tertiary alicyclic amines) is 1. The van der Waals surface area contributed by atoms with Crippen molar-refractivity contribution in [3.05, 3.63) is 63.8 Å². The van der Waals surface area contributed by atoms with E-state index in [4.69, 9.17) is 0 Å². The lowest BCUT2D eigenvalue weighted by molar-refractivity contribution is 0.0567. The van der Waals surface area contributed by atoms with Crippen molar-refractivity contribution in [2.45, 2.75) is 66.1 Å². The molecular weight excluding hydrogens is 454 g/mol. The Labute approximate surface area is 214 Å². The Morgan fingerprint density at radius 2 is 1.69 bits per heavy atom. The molecule has 0 atom stereocenters. The van der Waals surface area contributed by atoms with Crippen molar-refractivity contribution in [1.82, 2.24) is 24.7 Å². The summed E-state index contributed by atoms with van der Waals surface area (Å²) >= 11 is 0. The number of hydrogen-bond acceptors (Lipinski definition) is 5. The van der Waals surface area contributed by atoms with Gasteiger partial charge in [-0.05, 0) is 68.9 Å². The molecule has 3 rings (SSSR count). The summed E-state index contributed by atoms with van der Waals surface area (Å²) in [5.41, 5.74) is 0.537. The predicted octanol–water partition coefficient (Wildman–Crippen LogP) is 3.41. The number of amides is 2. The standard InChI is InChI=1S/C28H41N5O3/c1-20(2)6-13-30-27(35)24-18-32(16-21(3)4)19-25(26(24)34)28(36)33(17-22-7-11-29-12-8-22)23-9-14-31(5)15-10-23/h7-8,11-12,18-21,23H,6,9-10,13-17H2,1-5H3,(H,30,35). The number of carbonyl (C=O) groups is 2. The van der Waals surface area contributed by atoms with Crippen molar-refractivity contribution in [3.8, 4) is 0 Å². The van der Waals surface area contributed by atoms with Gasteiger partial charge >= 0.3 is 0 Å².